The summed E-state index contributed by atoms with van der Waals surface area (Å²) in [6, 6.07) is 0. The van der Waals surface area contributed by atoms with Crippen LogP contribution in [0.15, 0.2) is 0 Å². The van der Waals surface area contributed by atoms with Gasteiger partial charge in [0, 0.05) is 26.1 Å². The lowest BCUT2D eigenvalue weighted by molar-refractivity contribution is 0.105. The fraction of sp³-hybridized carbons (Fsp3) is 0.750. The van der Waals surface area contributed by atoms with Crippen LogP contribution in [0.5, 0.6) is 0 Å². The van der Waals surface area contributed by atoms with Crippen molar-refractivity contribution < 1.29 is 9.53 Å². The number of aliphatic hydroxyl groups excluding tert-OH is 1. The van der Waals surface area contributed by atoms with E-state index in [1.807, 2.05) is 0 Å². The summed E-state index contributed by atoms with van der Waals surface area (Å²) >= 11 is 2.41. The van der Waals surface area contributed by atoms with E-state index in [0.717, 1.165) is 30.5 Å². The number of hydrogen-bond donors (Lipinski definition) is 1. The molecule has 0 amide bonds. The zero-order valence-electron chi connectivity index (χ0n) is 17.1. The van der Waals surface area contributed by atoms with Gasteiger partial charge in [-0.3, -0.25) is 4.98 Å². The van der Waals surface area contributed by atoms with Gasteiger partial charge in [-0.1, -0.05) is 41.5 Å². The molecule has 0 bridgehead atoms. The second-order valence-corrected chi connectivity index (χ2v) is 15.5. The molecule has 1 aliphatic carbocycles. The first-order chi connectivity index (χ1) is 11.3. The second kappa shape index (κ2) is 7.21. The Morgan fingerprint density at radius 1 is 1.32 bits per heavy atom. The molecule has 0 aromatic carbocycles. The van der Waals surface area contributed by atoms with Gasteiger partial charge in [-0.2, -0.15) is 0 Å². The third kappa shape index (κ3) is 4.30. The average Bonchev–Trinajstić information content (AvgIpc) is 2.43. The van der Waals surface area contributed by atoms with Gasteiger partial charge in [0.1, 0.15) is 0 Å². The van der Waals surface area contributed by atoms with E-state index in [2.05, 4.69) is 77.2 Å². The maximum absolute atomic E-state index is 9.91. The van der Waals surface area contributed by atoms with Crippen LogP contribution < -0.4 is 0 Å². The van der Waals surface area contributed by atoms with Gasteiger partial charge in [0.15, 0.2) is 8.32 Å². The first kappa shape index (κ1) is 21.3. The summed E-state index contributed by atoms with van der Waals surface area (Å²) in [7, 11) is -1.89. The zero-order chi connectivity index (χ0) is 19.2. The topological polar surface area (TPSA) is 42.4 Å². The SMILES string of the molecule is CCc1nc2c(c(I)c1CO)[C@@H](O[Si](C)(C)C(C)(C)C)CC(C)(C)C2. The smallest absolute Gasteiger partial charge is 0.192 e. The Bertz CT molecular complexity index is 650. The number of aryl methyl sites for hydroxylation is 1. The Labute approximate surface area is 168 Å². The van der Waals surface area contributed by atoms with Crippen molar-refractivity contribution in [2.75, 3.05) is 0 Å². The normalized spacial score (nSPS) is 20.5. The summed E-state index contributed by atoms with van der Waals surface area (Å²) in [4.78, 5) is 4.97. The summed E-state index contributed by atoms with van der Waals surface area (Å²) in [6.07, 6.45) is 2.93. The van der Waals surface area contributed by atoms with Gasteiger partial charge in [0.2, 0.25) is 0 Å². The summed E-state index contributed by atoms with van der Waals surface area (Å²) < 4.78 is 8.04. The highest BCUT2D eigenvalue weighted by Gasteiger charge is 2.43. The van der Waals surface area contributed by atoms with Crippen LogP contribution in [-0.4, -0.2) is 18.4 Å². The molecular formula is C20H34INO2Si. The van der Waals surface area contributed by atoms with Crippen molar-refractivity contribution in [3.05, 3.63) is 26.1 Å². The molecular weight excluding hydrogens is 441 g/mol. The Balaban J connectivity index is 2.58. The van der Waals surface area contributed by atoms with Gasteiger partial charge in [0.25, 0.3) is 0 Å². The Kier molecular flexibility index (Phi) is 6.15. The molecule has 3 nitrogen and oxygen atoms in total. The lowest BCUT2D eigenvalue weighted by atomic mass is 9.74. The highest BCUT2D eigenvalue weighted by Crippen LogP contribution is 2.48. The number of rotatable bonds is 4. The molecule has 0 aliphatic heterocycles. The molecule has 2 rings (SSSR count). The number of hydrogen-bond acceptors (Lipinski definition) is 3. The Hall–Kier alpha value is 0.0169. The number of aromatic nitrogens is 1. The predicted molar refractivity (Wildman–Crippen MR) is 115 cm³/mol. The van der Waals surface area contributed by atoms with Gasteiger partial charge >= 0.3 is 0 Å². The summed E-state index contributed by atoms with van der Waals surface area (Å²) in [5.74, 6) is 0. The molecule has 5 heteroatoms. The second-order valence-electron chi connectivity index (χ2n) is 9.63. The van der Waals surface area contributed by atoms with E-state index in [1.54, 1.807) is 0 Å². The minimum Gasteiger partial charge on any atom is -0.410 e. The van der Waals surface area contributed by atoms with Crippen LogP contribution in [0, 0.1) is 8.99 Å². The van der Waals surface area contributed by atoms with E-state index in [-0.39, 0.29) is 23.2 Å². The summed E-state index contributed by atoms with van der Waals surface area (Å²) in [5, 5.41) is 10.1. The molecule has 1 atom stereocenters. The van der Waals surface area contributed by atoms with Crippen LogP contribution in [-0.2, 0) is 23.9 Å². The minimum atomic E-state index is -1.89. The number of pyridine rings is 1. The van der Waals surface area contributed by atoms with E-state index in [4.69, 9.17) is 9.41 Å². The highest BCUT2D eigenvalue weighted by atomic mass is 127. The third-order valence-electron chi connectivity index (χ3n) is 5.87. The first-order valence-corrected chi connectivity index (χ1v) is 13.3. The largest absolute Gasteiger partial charge is 0.410 e. The first-order valence-electron chi connectivity index (χ1n) is 9.31. The molecule has 0 spiro atoms. The maximum Gasteiger partial charge on any atom is 0.192 e. The van der Waals surface area contributed by atoms with E-state index in [0.29, 0.717) is 0 Å². The molecule has 0 saturated heterocycles. The third-order valence-corrected chi connectivity index (χ3v) is 11.6. The zero-order valence-corrected chi connectivity index (χ0v) is 20.2. The van der Waals surface area contributed by atoms with Crippen molar-refractivity contribution in [2.45, 2.75) is 91.6 Å². The van der Waals surface area contributed by atoms with E-state index < -0.39 is 8.32 Å². The predicted octanol–water partition coefficient (Wildman–Crippen LogP) is 5.78. The molecule has 0 unspecified atom stereocenters. The maximum atomic E-state index is 9.91. The standard InChI is InChI=1S/C20H34INO2Si/c1-9-14-13(12-23)18(21)17-15(22-14)10-20(5,6)11-16(17)24-25(7,8)19(2,3)4/h16,23H,9-12H2,1-8H3/t16-/m0/s1. The van der Waals surface area contributed by atoms with Crippen LogP contribution in [0.1, 0.15) is 76.6 Å². The minimum absolute atomic E-state index is 0.0535. The van der Waals surface area contributed by atoms with Gasteiger partial charge in [0.05, 0.1) is 12.7 Å². The molecule has 25 heavy (non-hydrogen) atoms. The van der Waals surface area contributed by atoms with Crippen molar-refractivity contribution in [2.24, 2.45) is 5.41 Å². The monoisotopic (exact) mass is 475 g/mol. The summed E-state index contributed by atoms with van der Waals surface area (Å²) in [6.45, 7) is 18.3. The van der Waals surface area contributed by atoms with Gasteiger partial charge in [-0.15, -0.1) is 0 Å². The number of fused-ring (bicyclic) bond motifs is 1. The number of aliphatic hydroxyl groups is 1. The Morgan fingerprint density at radius 3 is 2.40 bits per heavy atom. The van der Waals surface area contributed by atoms with Gasteiger partial charge in [-0.05, 0) is 65.4 Å². The Morgan fingerprint density at radius 2 is 1.92 bits per heavy atom. The van der Waals surface area contributed by atoms with E-state index >= 15 is 0 Å². The lowest BCUT2D eigenvalue weighted by Crippen LogP contribution is -2.44. The lowest BCUT2D eigenvalue weighted by Gasteiger charge is -2.44. The number of halogens is 1. The molecule has 0 radical (unpaired) electrons. The van der Waals surface area contributed by atoms with Crippen LogP contribution >= 0.6 is 22.6 Å². The quantitative estimate of drug-likeness (QED) is 0.444. The fourth-order valence-corrected chi connectivity index (χ4v) is 5.79. The molecule has 1 aromatic heterocycles. The van der Waals surface area contributed by atoms with Crippen molar-refractivity contribution in [3.8, 4) is 0 Å². The molecule has 0 saturated carbocycles. The molecule has 0 fully saturated rings. The molecule has 1 N–H and O–H groups in total. The van der Waals surface area contributed by atoms with Crippen molar-refractivity contribution in [3.63, 3.8) is 0 Å². The van der Waals surface area contributed by atoms with Crippen molar-refractivity contribution in [1.29, 1.82) is 0 Å². The number of nitrogens with zero attached hydrogens (tertiary/aromatic N) is 1. The average molecular weight is 475 g/mol. The molecule has 1 aromatic rings. The van der Waals surface area contributed by atoms with Gasteiger partial charge in [-0.25, -0.2) is 0 Å². The molecule has 1 heterocycles. The fourth-order valence-electron chi connectivity index (χ4n) is 3.38. The van der Waals surface area contributed by atoms with Crippen LogP contribution in [0.4, 0.5) is 0 Å². The van der Waals surface area contributed by atoms with Gasteiger partial charge < -0.3 is 9.53 Å². The van der Waals surface area contributed by atoms with Crippen LogP contribution in [0.25, 0.3) is 0 Å². The van der Waals surface area contributed by atoms with Crippen LogP contribution in [0.2, 0.25) is 18.1 Å². The summed E-state index contributed by atoms with van der Waals surface area (Å²) in [5.41, 5.74) is 4.63. The van der Waals surface area contributed by atoms with Crippen molar-refractivity contribution >= 4 is 30.9 Å². The van der Waals surface area contributed by atoms with Crippen LogP contribution in [0.3, 0.4) is 0 Å². The van der Waals surface area contributed by atoms with E-state index in [9.17, 15) is 5.11 Å². The van der Waals surface area contributed by atoms with E-state index in [1.165, 1.54) is 14.8 Å². The highest BCUT2D eigenvalue weighted by molar-refractivity contribution is 14.1. The molecule has 142 valence electrons. The van der Waals surface area contributed by atoms with Crippen molar-refractivity contribution in [1.82, 2.24) is 4.98 Å². The molecule has 1 aliphatic rings.